The van der Waals surface area contributed by atoms with Crippen LogP contribution in [0.4, 0.5) is 14.7 Å². The van der Waals surface area contributed by atoms with Crippen molar-refractivity contribution >= 4 is 28.7 Å². The molecule has 0 saturated heterocycles. The normalized spacial score (nSPS) is 11.0. The van der Waals surface area contributed by atoms with Gasteiger partial charge in [-0.05, 0) is 20.8 Å². The molecule has 112 valence electrons. The van der Waals surface area contributed by atoms with E-state index in [1.54, 1.807) is 20.8 Å². The molecule has 0 aliphatic heterocycles. The van der Waals surface area contributed by atoms with Crippen LogP contribution >= 0.6 is 11.3 Å². The van der Waals surface area contributed by atoms with E-state index < -0.39 is 17.8 Å². The number of nitrogens with one attached hydrogen (secondary N) is 1. The lowest BCUT2D eigenvalue weighted by Crippen LogP contribution is -2.48. The zero-order chi connectivity index (χ0) is 15.3. The molecule has 20 heavy (non-hydrogen) atoms. The van der Waals surface area contributed by atoms with Gasteiger partial charge in [0.05, 0.1) is 11.5 Å². The molecule has 0 saturated carbocycles. The predicted molar refractivity (Wildman–Crippen MR) is 72.7 cm³/mol. The molecule has 0 atom stereocenters. The summed E-state index contributed by atoms with van der Waals surface area (Å²) in [5.41, 5.74) is 1.21. The summed E-state index contributed by atoms with van der Waals surface area (Å²) in [5.74, 6) is 0. The number of ether oxygens (including phenoxy) is 2. The van der Waals surface area contributed by atoms with Crippen molar-refractivity contribution in [2.24, 2.45) is 0 Å². The minimum absolute atomic E-state index is 0.161. The molecule has 1 aromatic heterocycles. The van der Waals surface area contributed by atoms with E-state index in [1.165, 1.54) is 13.3 Å². The summed E-state index contributed by atoms with van der Waals surface area (Å²) in [6.45, 7) is 5.37. The van der Waals surface area contributed by atoms with E-state index >= 15 is 0 Å². The van der Waals surface area contributed by atoms with Crippen molar-refractivity contribution in [3.63, 3.8) is 0 Å². The van der Waals surface area contributed by atoms with Crippen LogP contribution in [0.3, 0.4) is 0 Å². The molecule has 0 fully saturated rings. The van der Waals surface area contributed by atoms with Crippen LogP contribution in [0.1, 0.15) is 25.6 Å². The van der Waals surface area contributed by atoms with Crippen LogP contribution in [0.2, 0.25) is 0 Å². The Bertz CT molecular complexity index is 483. The number of hydrogen-bond donors (Lipinski definition) is 2. The molecule has 2 amide bonds. The molecule has 1 rings (SSSR count). The molecule has 0 aromatic carbocycles. The highest BCUT2D eigenvalue weighted by atomic mass is 32.1. The zero-order valence-corrected chi connectivity index (χ0v) is 12.5. The second-order valence-corrected chi connectivity index (χ2v) is 5.87. The topological polar surface area (TPSA) is 101 Å². The fraction of sp³-hybridized carbons (Fsp3) is 0.545. The van der Waals surface area contributed by atoms with E-state index in [2.05, 4.69) is 4.98 Å². The Balaban J connectivity index is 2.92. The highest BCUT2D eigenvalue weighted by Gasteiger charge is 2.27. The molecule has 0 aliphatic carbocycles. The summed E-state index contributed by atoms with van der Waals surface area (Å²) in [6.07, 6.45) is -0.734. The summed E-state index contributed by atoms with van der Waals surface area (Å²) in [4.78, 5) is 27.5. The summed E-state index contributed by atoms with van der Waals surface area (Å²) >= 11 is 1.13. The van der Waals surface area contributed by atoms with Gasteiger partial charge < -0.3 is 14.6 Å². The Morgan fingerprint density at radius 3 is 2.65 bits per heavy atom. The predicted octanol–water partition coefficient (Wildman–Crippen LogP) is 2.21. The molecule has 0 aliphatic rings. The number of hydrazine groups is 1. The van der Waals surface area contributed by atoms with E-state index in [4.69, 9.17) is 14.6 Å². The second-order valence-electron chi connectivity index (χ2n) is 4.77. The first-order valence-electron chi connectivity index (χ1n) is 5.69. The molecule has 9 heteroatoms. The van der Waals surface area contributed by atoms with Crippen LogP contribution in [0.25, 0.3) is 0 Å². The molecule has 1 heterocycles. The first-order chi connectivity index (χ1) is 9.23. The Morgan fingerprint density at radius 1 is 1.50 bits per heavy atom. The number of carboxylic acid groups (broad SMARTS) is 1. The minimum Gasteiger partial charge on any atom is -0.464 e. The van der Waals surface area contributed by atoms with Crippen molar-refractivity contribution in [1.82, 2.24) is 10.4 Å². The summed E-state index contributed by atoms with van der Waals surface area (Å²) < 4.78 is 10.1. The lowest BCUT2D eigenvalue weighted by atomic mass is 10.2. The molecule has 0 spiro atoms. The molecule has 8 nitrogen and oxygen atoms in total. The molecule has 0 unspecified atom stereocenters. The number of anilines is 1. The largest absolute Gasteiger partial charge is 0.464 e. The molecule has 0 bridgehead atoms. The fourth-order valence-corrected chi connectivity index (χ4v) is 2.02. The first-order valence-corrected chi connectivity index (χ1v) is 6.51. The number of hydrogen-bond acceptors (Lipinski definition) is 6. The minimum atomic E-state index is -1.39. The van der Waals surface area contributed by atoms with Crippen molar-refractivity contribution in [1.29, 1.82) is 0 Å². The zero-order valence-electron chi connectivity index (χ0n) is 11.7. The van der Waals surface area contributed by atoms with E-state index in [-0.39, 0.29) is 5.13 Å². The van der Waals surface area contributed by atoms with Crippen LogP contribution in [0, 0.1) is 0 Å². The standard InChI is InChI=1S/C11H17N3O5S/c1-11(2,3)19-10(17)14(13-9(15)16)8-12-5-7(20-8)6-18-4/h5,13H,6H2,1-4H3,(H,15,16). The average molecular weight is 303 g/mol. The number of rotatable bonds is 3. The van der Waals surface area contributed by atoms with E-state index in [9.17, 15) is 9.59 Å². The maximum atomic E-state index is 12.0. The lowest BCUT2D eigenvalue weighted by molar-refractivity contribution is 0.0559. The number of aromatic nitrogens is 1. The van der Waals surface area contributed by atoms with Crippen molar-refractivity contribution in [2.75, 3.05) is 12.1 Å². The summed E-state index contributed by atoms with van der Waals surface area (Å²) in [7, 11) is 1.53. The van der Waals surface area contributed by atoms with Crippen LogP contribution in [-0.2, 0) is 16.1 Å². The molecular formula is C11H17N3O5S. The van der Waals surface area contributed by atoms with Gasteiger partial charge in [-0.25, -0.2) is 20.0 Å². The molecule has 1 aromatic rings. The van der Waals surface area contributed by atoms with Gasteiger partial charge in [-0.15, -0.1) is 0 Å². The Morgan fingerprint density at radius 2 is 2.15 bits per heavy atom. The SMILES string of the molecule is COCc1cnc(N(NC(=O)O)C(=O)OC(C)(C)C)s1. The van der Waals surface area contributed by atoms with Gasteiger partial charge >= 0.3 is 12.2 Å². The van der Waals surface area contributed by atoms with Crippen molar-refractivity contribution in [3.05, 3.63) is 11.1 Å². The summed E-state index contributed by atoms with van der Waals surface area (Å²) in [6, 6.07) is 0. The third-order valence-corrected chi connectivity index (χ3v) is 2.76. The first kappa shape index (κ1) is 16.2. The van der Waals surface area contributed by atoms with Crippen molar-refractivity contribution in [2.45, 2.75) is 33.0 Å². The molecule has 0 radical (unpaired) electrons. The van der Waals surface area contributed by atoms with Gasteiger partial charge in [0.15, 0.2) is 0 Å². The van der Waals surface area contributed by atoms with E-state index in [0.717, 1.165) is 21.2 Å². The monoisotopic (exact) mass is 303 g/mol. The van der Waals surface area contributed by atoms with Gasteiger partial charge in [-0.3, -0.25) is 0 Å². The number of amides is 2. The second kappa shape index (κ2) is 6.53. The molecular weight excluding hydrogens is 286 g/mol. The van der Waals surface area contributed by atoms with Gasteiger partial charge in [-0.1, -0.05) is 11.3 Å². The average Bonchev–Trinajstić information content (AvgIpc) is 2.72. The maximum Gasteiger partial charge on any atom is 0.436 e. The smallest absolute Gasteiger partial charge is 0.436 e. The van der Waals surface area contributed by atoms with E-state index in [1.807, 2.05) is 5.43 Å². The van der Waals surface area contributed by atoms with Crippen LogP contribution in [-0.4, -0.2) is 35.0 Å². The van der Waals surface area contributed by atoms with Gasteiger partial charge in [0.1, 0.15) is 5.60 Å². The quantitative estimate of drug-likeness (QED) is 0.830. The Labute approximate surface area is 120 Å². The Hall–Kier alpha value is -1.87. The lowest BCUT2D eigenvalue weighted by Gasteiger charge is -2.24. The van der Waals surface area contributed by atoms with Crippen molar-refractivity contribution in [3.8, 4) is 0 Å². The summed E-state index contributed by atoms with van der Waals surface area (Å²) in [5, 5.41) is 9.70. The van der Waals surface area contributed by atoms with Gasteiger partial charge in [-0.2, -0.15) is 5.01 Å². The number of nitrogens with zero attached hydrogens (tertiary/aromatic N) is 2. The van der Waals surface area contributed by atoms with E-state index in [0.29, 0.717) is 6.61 Å². The number of carbonyl (C=O) groups excluding carboxylic acids is 1. The fourth-order valence-electron chi connectivity index (χ4n) is 1.18. The third kappa shape index (κ3) is 5.02. The number of methoxy groups -OCH3 is 1. The van der Waals surface area contributed by atoms with Gasteiger partial charge in [0, 0.05) is 13.3 Å². The van der Waals surface area contributed by atoms with Gasteiger partial charge in [0.2, 0.25) is 5.13 Å². The van der Waals surface area contributed by atoms with Crippen molar-refractivity contribution < 1.29 is 24.2 Å². The highest BCUT2D eigenvalue weighted by Crippen LogP contribution is 2.23. The number of thiazole rings is 1. The van der Waals surface area contributed by atoms with Crippen LogP contribution in [0.15, 0.2) is 6.20 Å². The highest BCUT2D eigenvalue weighted by molar-refractivity contribution is 7.15. The maximum absolute atomic E-state index is 12.0. The third-order valence-electron chi connectivity index (χ3n) is 1.80. The number of carbonyl (C=O) groups is 2. The van der Waals surface area contributed by atoms with Crippen LogP contribution in [0.5, 0.6) is 0 Å². The van der Waals surface area contributed by atoms with Gasteiger partial charge in [0.25, 0.3) is 0 Å². The Kier molecular flexibility index (Phi) is 5.28. The van der Waals surface area contributed by atoms with Crippen LogP contribution < -0.4 is 10.4 Å². The molecule has 2 N–H and O–H groups in total.